The smallest absolute Gasteiger partial charge is 0.311 e. The Hall–Kier alpha value is -2.71. The highest BCUT2D eigenvalue weighted by atomic mass is 35.5. The van der Waals surface area contributed by atoms with Crippen LogP contribution in [0.25, 0.3) is 0 Å². The van der Waals surface area contributed by atoms with Crippen LogP contribution in [0.3, 0.4) is 0 Å². The van der Waals surface area contributed by atoms with Crippen molar-refractivity contribution in [1.29, 1.82) is 0 Å². The fourth-order valence-corrected chi connectivity index (χ4v) is 2.66. The van der Waals surface area contributed by atoms with Crippen LogP contribution in [0.15, 0.2) is 30.3 Å². The van der Waals surface area contributed by atoms with Crippen LogP contribution in [0.4, 0.5) is 11.4 Å². The number of carbonyl (C=O) groups excluding carboxylic acids is 1. The first kappa shape index (κ1) is 18.6. The second-order valence-corrected chi connectivity index (χ2v) is 5.70. The highest BCUT2D eigenvalue weighted by molar-refractivity contribution is 6.42. The number of hydrogen-bond donors (Lipinski definition) is 0. The van der Waals surface area contributed by atoms with Crippen LogP contribution >= 0.6 is 23.2 Å². The van der Waals surface area contributed by atoms with Crippen molar-refractivity contribution in [2.75, 3.05) is 7.11 Å². The first-order chi connectivity index (χ1) is 11.8. The van der Waals surface area contributed by atoms with Crippen LogP contribution in [0.5, 0.6) is 5.75 Å². The maximum absolute atomic E-state index is 11.6. The topological polar surface area (TPSA) is 113 Å². The summed E-state index contributed by atoms with van der Waals surface area (Å²) in [7, 11) is 1.27. The zero-order valence-corrected chi connectivity index (χ0v) is 14.2. The number of hydrogen-bond acceptors (Lipinski definition) is 6. The molecule has 1 unspecified atom stereocenters. The molecule has 0 saturated heterocycles. The Morgan fingerprint density at radius 1 is 1.04 bits per heavy atom. The van der Waals surface area contributed by atoms with Gasteiger partial charge in [0, 0.05) is 17.7 Å². The van der Waals surface area contributed by atoms with E-state index in [0.717, 1.165) is 12.1 Å². The van der Waals surface area contributed by atoms with Crippen molar-refractivity contribution in [2.24, 2.45) is 0 Å². The van der Waals surface area contributed by atoms with E-state index in [1.165, 1.54) is 25.3 Å². The summed E-state index contributed by atoms with van der Waals surface area (Å²) >= 11 is 11.7. The molecule has 0 aliphatic rings. The van der Waals surface area contributed by atoms with Gasteiger partial charge in [0.2, 0.25) is 0 Å². The van der Waals surface area contributed by atoms with Crippen LogP contribution in [0.1, 0.15) is 17.0 Å². The summed E-state index contributed by atoms with van der Waals surface area (Å²) in [5, 5.41) is 22.4. The molecule has 25 heavy (non-hydrogen) atoms. The van der Waals surface area contributed by atoms with Crippen molar-refractivity contribution in [2.45, 2.75) is 5.92 Å². The summed E-state index contributed by atoms with van der Waals surface area (Å²) in [5.74, 6) is -1.14. The molecule has 0 N–H and O–H groups in total. The SMILES string of the molecule is COc1ccc(C(C=O)c2cc(Cl)c(Cl)cc2[N+](=O)[O-])cc1[N+](=O)[O-]. The van der Waals surface area contributed by atoms with Gasteiger partial charge in [-0.05, 0) is 17.7 Å². The number of benzene rings is 2. The van der Waals surface area contributed by atoms with Gasteiger partial charge >= 0.3 is 5.69 Å². The number of halogens is 2. The van der Waals surface area contributed by atoms with Gasteiger partial charge < -0.3 is 9.53 Å². The standard InChI is InChI=1S/C15H10Cl2N2O6/c1-25-15-3-2-8(4-14(15)19(23)24)10(7-20)9-5-11(16)12(17)6-13(9)18(21)22/h2-7,10H,1H3. The predicted molar refractivity (Wildman–Crippen MR) is 90.7 cm³/mol. The minimum atomic E-state index is -1.14. The molecule has 10 heteroatoms. The number of carbonyl (C=O) groups is 1. The number of aldehydes is 1. The Kier molecular flexibility index (Phi) is 5.55. The van der Waals surface area contributed by atoms with Crippen LogP contribution in [0, 0.1) is 20.2 Å². The summed E-state index contributed by atoms with van der Waals surface area (Å²) < 4.78 is 4.90. The van der Waals surface area contributed by atoms with Crippen LogP contribution in [0.2, 0.25) is 10.0 Å². The highest BCUT2D eigenvalue weighted by Gasteiger charge is 2.27. The average Bonchev–Trinajstić information content (AvgIpc) is 2.57. The van der Waals surface area contributed by atoms with Crippen LogP contribution < -0.4 is 4.74 Å². The molecule has 0 spiro atoms. The fraction of sp³-hybridized carbons (Fsp3) is 0.133. The Morgan fingerprint density at radius 3 is 2.16 bits per heavy atom. The van der Waals surface area contributed by atoms with Gasteiger partial charge in [0.1, 0.15) is 6.29 Å². The van der Waals surface area contributed by atoms with Crippen molar-refractivity contribution >= 4 is 40.9 Å². The summed E-state index contributed by atoms with van der Waals surface area (Å²) in [4.78, 5) is 32.7. The summed E-state index contributed by atoms with van der Waals surface area (Å²) in [6.45, 7) is 0. The van der Waals surface area contributed by atoms with E-state index in [2.05, 4.69) is 0 Å². The lowest BCUT2D eigenvalue weighted by molar-refractivity contribution is -0.386. The van der Waals surface area contributed by atoms with E-state index in [4.69, 9.17) is 27.9 Å². The largest absolute Gasteiger partial charge is 0.490 e. The lowest BCUT2D eigenvalue weighted by atomic mass is 9.91. The molecule has 2 aromatic rings. The van der Waals surface area contributed by atoms with Crippen molar-refractivity contribution in [1.82, 2.24) is 0 Å². The molecule has 0 saturated carbocycles. The molecule has 0 radical (unpaired) electrons. The zero-order valence-electron chi connectivity index (χ0n) is 12.6. The summed E-state index contributed by atoms with van der Waals surface area (Å²) in [6, 6.07) is 6.10. The Bertz CT molecular complexity index is 871. The molecule has 2 rings (SSSR count). The molecule has 0 heterocycles. The first-order valence-corrected chi connectivity index (χ1v) is 7.46. The van der Waals surface area contributed by atoms with E-state index in [0.29, 0.717) is 6.29 Å². The van der Waals surface area contributed by atoms with Gasteiger partial charge in [0.05, 0.1) is 32.9 Å². The fourth-order valence-electron chi connectivity index (χ4n) is 2.33. The van der Waals surface area contributed by atoms with Crippen LogP contribution in [-0.4, -0.2) is 23.2 Å². The van der Waals surface area contributed by atoms with Gasteiger partial charge in [-0.1, -0.05) is 29.3 Å². The minimum absolute atomic E-state index is 0.00189. The van der Waals surface area contributed by atoms with Gasteiger partial charge in [-0.3, -0.25) is 20.2 Å². The monoisotopic (exact) mass is 384 g/mol. The van der Waals surface area contributed by atoms with Gasteiger partial charge in [0.25, 0.3) is 5.69 Å². The number of rotatable bonds is 6. The Balaban J connectivity index is 2.67. The molecule has 0 aliphatic carbocycles. The van der Waals surface area contributed by atoms with Gasteiger partial charge in [0.15, 0.2) is 5.75 Å². The molecule has 2 aromatic carbocycles. The molecule has 0 amide bonds. The van der Waals surface area contributed by atoms with Gasteiger partial charge in [-0.2, -0.15) is 0 Å². The summed E-state index contributed by atoms with van der Waals surface area (Å²) in [5.41, 5.74) is -0.614. The molecular formula is C15H10Cl2N2O6. The van der Waals surface area contributed by atoms with Gasteiger partial charge in [-0.25, -0.2) is 0 Å². The molecular weight excluding hydrogens is 375 g/mol. The predicted octanol–water partition coefficient (Wildman–Crippen LogP) is 4.15. The van der Waals surface area contributed by atoms with E-state index in [1.807, 2.05) is 0 Å². The number of nitro benzene ring substituents is 2. The molecule has 130 valence electrons. The van der Waals surface area contributed by atoms with E-state index in [9.17, 15) is 25.0 Å². The maximum Gasteiger partial charge on any atom is 0.311 e. The second kappa shape index (κ2) is 7.45. The van der Waals surface area contributed by atoms with E-state index in [1.54, 1.807) is 0 Å². The second-order valence-electron chi connectivity index (χ2n) is 4.88. The third-order valence-electron chi connectivity index (χ3n) is 3.50. The van der Waals surface area contributed by atoms with E-state index < -0.39 is 21.5 Å². The lowest BCUT2D eigenvalue weighted by Gasteiger charge is -2.13. The van der Waals surface area contributed by atoms with Crippen LogP contribution in [-0.2, 0) is 4.79 Å². The third-order valence-corrected chi connectivity index (χ3v) is 4.22. The average molecular weight is 385 g/mol. The van der Waals surface area contributed by atoms with Crippen molar-refractivity contribution < 1.29 is 19.4 Å². The number of nitrogens with zero attached hydrogens (tertiary/aromatic N) is 2. The molecule has 0 aromatic heterocycles. The Morgan fingerprint density at radius 2 is 1.64 bits per heavy atom. The number of nitro groups is 2. The Labute approximate surface area is 151 Å². The van der Waals surface area contributed by atoms with Crippen molar-refractivity contribution in [3.05, 3.63) is 71.7 Å². The third kappa shape index (κ3) is 3.70. The molecule has 8 nitrogen and oxygen atoms in total. The number of ether oxygens (including phenoxy) is 1. The highest BCUT2D eigenvalue weighted by Crippen LogP contribution is 2.38. The van der Waals surface area contributed by atoms with Crippen molar-refractivity contribution in [3.63, 3.8) is 0 Å². The van der Waals surface area contributed by atoms with Crippen molar-refractivity contribution in [3.8, 4) is 5.75 Å². The number of methoxy groups -OCH3 is 1. The normalized spacial score (nSPS) is 11.6. The minimum Gasteiger partial charge on any atom is -0.490 e. The van der Waals surface area contributed by atoms with Gasteiger partial charge in [-0.15, -0.1) is 0 Å². The first-order valence-electron chi connectivity index (χ1n) is 6.71. The van der Waals surface area contributed by atoms with E-state index >= 15 is 0 Å². The molecule has 0 aliphatic heterocycles. The lowest BCUT2D eigenvalue weighted by Crippen LogP contribution is -2.07. The quantitative estimate of drug-likeness (QED) is 0.419. The zero-order chi connectivity index (χ0) is 18.7. The molecule has 0 fully saturated rings. The molecule has 1 atom stereocenters. The maximum atomic E-state index is 11.6. The van der Waals surface area contributed by atoms with E-state index in [-0.39, 0.29) is 32.6 Å². The summed E-state index contributed by atoms with van der Waals surface area (Å²) in [6.07, 6.45) is 0.443. The molecule has 0 bridgehead atoms.